The highest BCUT2D eigenvalue weighted by Crippen LogP contribution is 2.20. The van der Waals surface area contributed by atoms with Gasteiger partial charge >= 0.3 is 14.5 Å². The van der Waals surface area contributed by atoms with Crippen molar-refractivity contribution in [1.82, 2.24) is 0 Å². The van der Waals surface area contributed by atoms with Crippen molar-refractivity contribution in [2.75, 3.05) is 0 Å². The molecule has 2 nitrogen and oxygen atoms in total. The van der Waals surface area contributed by atoms with Gasteiger partial charge in [0.15, 0.2) is 6.29 Å². The van der Waals surface area contributed by atoms with Crippen LogP contribution in [0.4, 0.5) is 0 Å². The zero-order valence-corrected chi connectivity index (χ0v) is 14.8. The fourth-order valence-corrected chi connectivity index (χ4v) is 5.53. The van der Waals surface area contributed by atoms with Gasteiger partial charge in [0, 0.05) is 6.42 Å². The molecule has 0 saturated carbocycles. The Bertz CT molecular complexity index is 341. The first-order valence-electron chi connectivity index (χ1n) is 7.88. The molecule has 0 radical (unpaired) electrons. The van der Waals surface area contributed by atoms with E-state index in [0.717, 1.165) is 12.2 Å². The highest BCUT2D eigenvalue weighted by Gasteiger charge is 2.27. The van der Waals surface area contributed by atoms with Gasteiger partial charge in [0.2, 0.25) is 0 Å². The topological polar surface area (TPSA) is 18.5 Å². The molecule has 0 fully saturated rings. The Morgan fingerprint density at radius 2 is 1.50 bits per heavy atom. The van der Waals surface area contributed by atoms with Crippen molar-refractivity contribution in [3.05, 3.63) is 30.3 Å². The van der Waals surface area contributed by atoms with Gasteiger partial charge in [-0.3, -0.25) is 0 Å². The van der Waals surface area contributed by atoms with Crippen molar-refractivity contribution in [1.29, 1.82) is 0 Å². The lowest BCUT2D eigenvalue weighted by Crippen LogP contribution is -2.31. The van der Waals surface area contributed by atoms with Gasteiger partial charge in [0.1, 0.15) is 5.75 Å². The Kier molecular flexibility index (Phi) is 8.30. The van der Waals surface area contributed by atoms with Crippen LogP contribution < -0.4 is 4.74 Å². The van der Waals surface area contributed by atoms with Crippen LogP contribution in [-0.2, 0) is 3.79 Å². The predicted molar refractivity (Wildman–Crippen MR) is 87.3 cm³/mol. The summed E-state index contributed by atoms with van der Waals surface area (Å²) in [6.45, 7) is 11.3. The van der Waals surface area contributed by atoms with E-state index in [1.807, 2.05) is 30.3 Å². The maximum Gasteiger partial charge on any atom is 0.464 e. The summed E-state index contributed by atoms with van der Waals surface area (Å²) in [7, 11) is 0. The molecule has 1 aromatic carbocycles. The molecule has 1 rings (SSSR count). The standard InChI is InChI=1S/C9H11O2.2C4H9.Al/c1-2-9(10)11-8-6-4-3-5-7-8;2*1-4(2)3;/h3-7,9H,2H2,1H3;2*4H,1H2,2-3H3;/q-1;;;+1. The van der Waals surface area contributed by atoms with Gasteiger partial charge in [0.05, 0.1) is 0 Å². The van der Waals surface area contributed by atoms with E-state index >= 15 is 0 Å². The summed E-state index contributed by atoms with van der Waals surface area (Å²) >= 11 is -1.19. The van der Waals surface area contributed by atoms with Crippen molar-refractivity contribution in [2.45, 2.75) is 57.9 Å². The Balaban J connectivity index is 2.58. The normalized spacial score (nSPS) is 12.8. The maximum absolute atomic E-state index is 6.34. The summed E-state index contributed by atoms with van der Waals surface area (Å²) in [4.78, 5) is 0. The molecule has 3 heteroatoms. The van der Waals surface area contributed by atoms with Gasteiger partial charge in [-0.15, -0.1) is 0 Å². The maximum atomic E-state index is 6.34. The predicted octanol–water partition coefficient (Wildman–Crippen LogP) is 5.12. The van der Waals surface area contributed by atoms with Gasteiger partial charge < -0.3 is 8.53 Å². The van der Waals surface area contributed by atoms with Gasteiger partial charge in [-0.2, -0.15) is 0 Å². The Morgan fingerprint density at radius 1 is 0.950 bits per heavy atom. The third-order valence-electron chi connectivity index (χ3n) is 3.16. The molecule has 1 unspecified atom stereocenters. The highest BCUT2D eigenvalue weighted by atomic mass is 27.2. The van der Waals surface area contributed by atoms with Crippen molar-refractivity contribution >= 4 is 14.5 Å². The highest BCUT2D eigenvalue weighted by molar-refractivity contribution is 6.52. The van der Waals surface area contributed by atoms with Crippen molar-refractivity contribution < 1.29 is 8.53 Å². The third kappa shape index (κ3) is 7.34. The second-order valence-electron chi connectivity index (χ2n) is 6.29. The van der Waals surface area contributed by atoms with E-state index in [9.17, 15) is 0 Å². The summed E-state index contributed by atoms with van der Waals surface area (Å²) < 4.78 is 12.3. The van der Waals surface area contributed by atoms with Crippen molar-refractivity contribution in [3.8, 4) is 5.75 Å². The Labute approximate surface area is 129 Å². The molecule has 0 N–H and O–H groups in total. The van der Waals surface area contributed by atoms with Gasteiger partial charge in [-0.1, -0.05) is 75.2 Å². The van der Waals surface area contributed by atoms with Crippen LogP contribution in [0.15, 0.2) is 30.3 Å². The number of para-hydroxylation sites is 1. The summed E-state index contributed by atoms with van der Waals surface area (Å²) in [6, 6.07) is 9.99. The second-order valence-corrected chi connectivity index (χ2v) is 8.74. The van der Waals surface area contributed by atoms with Crippen LogP contribution in [-0.4, -0.2) is 20.8 Å². The molecular weight excluding hydrogens is 263 g/mol. The Morgan fingerprint density at radius 3 is 1.95 bits per heavy atom. The van der Waals surface area contributed by atoms with Crippen LogP contribution in [0.2, 0.25) is 10.6 Å². The minimum Gasteiger partial charge on any atom is -0.469 e. The summed E-state index contributed by atoms with van der Waals surface area (Å²) in [5.74, 6) is 2.32. The molecule has 0 saturated heterocycles. The third-order valence-corrected chi connectivity index (χ3v) is 6.78. The van der Waals surface area contributed by atoms with E-state index in [4.69, 9.17) is 8.53 Å². The molecule has 0 bridgehead atoms. The second kappa shape index (κ2) is 9.45. The quantitative estimate of drug-likeness (QED) is 0.464. The smallest absolute Gasteiger partial charge is 0.464 e. The van der Waals surface area contributed by atoms with Crippen molar-refractivity contribution in [3.63, 3.8) is 0 Å². The van der Waals surface area contributed by atoms with Crippen LogP contribution in [0.3, 0.4) is 0 Å². The first-order chi connectivity index (χ1) is 9.51. The van der Waals surface area contributed by atoms with Crippen molar-refractivity contribution in [2.24, 2.45) is 11.8 Å². The number of hydrogen-bond donors (Lipinski definition) is 0. The number of benzene rings is 1. The van der Waals surface area contributed by atoms with E-state index in [2.05, 4.69) is 34.6 Å². The number of hydrogen-bond acceptors (Lipinski definition) is 2. The number of ether oxygens (including phenoxy) is 1. The van der Waals surface area contributed by atoms with E-state index in [-0.39, 0.29) is 6.29 Å². The first kappa shape index (κ1) is 17.6. The van der Waals surface area contributed by atoms with E-state index in [1.165, 1.54) is 10.6 Å². The molecular formula is C17H29AlO2. The summed E-state index contributed by atoms with van der Waals surface area (Å²) in [6.07, 6.45) is 0.806. The largest absolute Gasteiger partial charge is 0.469 e. The molecule has 0 aliphatic heterocycles. The van der Waals surface area contributed by atoms with Crippen LogP contribution in [0.1, 0.15) is 41.0 Å². The minimum absolute atomic E-state index is 0.0911. The molecule has 0 spiro atoms. The zero-order chi connectivity index (χ0) is 15.0. The molecule has 0 aromatic heterocycles. The average molecular weight is 292 g/mol. The first-order valence-corrected chi connectivity index (χ1v) is 9.98. The van der Waals surface area contributed by atoms with Gasteiger partial charge in [-0.05, 0) is 12.1 Å². The van der Waals surface area contributed by atoms with Crippen LogP contribution >= 0.6 is 0 Å². The summed E-state index contributed by atoms with van der Waals surface area (Å²) in [5, 5.41) is 2.46. The van der Waals surface area contributed by atoms with E-state index < -0.39 is 14.5 Å². The zero-order valence-electron chi connectivity index (χ0n) is 13.6. The van der Waals surface area contributed by atoms with Gasteiger partial charge in [0.25, 0.3) is 0 Å². The molecule has 20 heavy (non-hydrogen) atoms. The monoisotopic (exact) mass is 292 g/mol. The SMILES string of the molecule is CCC(Oc1ccccc1)[O][Al]([CH2]C(C)C)[CH2]C(C)C. The van der Waals surface area contributed by atoms with Gasteiger partial charge in [-0.25, -0.2) is 0 Å². The molecule has 0 heterocycles. The van der Waals surface area contributed by atoms with Crippen LogP contribution in [0.5, 0.6) is 5.75 Å². The average Bonchev–Trinajstić information content (AvgIpc) is 2.37. The van der Waals surface area contributed by atoms with Crippen LogP contribution in [0.25, 0.3) is 0 Å². The van der Waals surface area contributed by atoms with E-state index in [1.54, 1.807) is 0 Å². The molecule has 1 atom stereocenters. The molecule has 0 aliphatic rings. The molecule has 112 valence electrons. The molecule has 1 aromatic rings. The fourth-order valence-electron chi connectivity index (χ4n) is 2.33. The minimum atomic E-state index is -1.19. The molecule has 0 aliphatic carbocycles. The van der Waals surface area contributed by atoms with Crippen LogP contribution in [0, 0.1) is 11.8 Å². The van der Waals surface area contributed by atoms with E-state index in [0.29, 0.717) is 11.8 Å². The fraction of sp³-hybridized carbons (Fsp3) is 0.647. The lowest BCUT2D eigenvalue weighted by Gasteiger charge is -2.25. The molecule has 0 amide bonds. The number of rotatable bonds is 9. The summed E-state index contributed by atoms with van der Waals surface area (Å²) in [5.41, 5.74) is 0. The lowest BCUT2D eigenvalue weighted by atomic mass is 10.3. The lowest BCUT2D eigenvalue weighted by molar-refractivity contribution is -0.000996. The Hall–Kier alpha value is -0.488.